The molecule has 0 aliphatic rings. The Balaban J connectivity index is 2.54. The van der Waals surface area contributed by atoms with Crippen LogP contribution < -0.4 is 10.5 Å². The van der Waals surface area contributed by atoms with Crippen LogP contribution in [-0.4, -0.2) is 24.2 Å². The van der Waals surface area contributed by atoms with E-state index in [1.165, 1.54) is 0 Å². The van der Waals surface area contributed by atoms with E-state index in [1.807, 2.05) is 6.92 Å². The third kappa shape index (κ3) is 3.46. The number of anilines is 1. The third-order valence-corrected chi connectivity index (χ3v) is 1.68. The van der Waals surface area contributed by atoms with Crippen molar-refractivity contribution in [2.24, 2.45) is 0 Å². The highest BCUT2D eigenvalue weighted by atomic mass is 16.6. The van der Waals surface area contributed by atoms with Gasteiger partial charge >= 0.3 is 5.97 Å². The van der Waals surface area contributed by atoms with Gasteiger partial charge in [-0.3, -0.25) is 0 Å². The molecular weight excluding hydrogens is 196 g/mol. The Labute approximate surface area is 88.2 Å². The first-order chi connectivity index (χ1) is 7.13. The van der Waals surface area contributed by atoms with Crippen molar-refractivity contribution < 1.29 is 14.3 Å². The maximum Gasteiger partial charge on any atom is 0.344 e. The van der Waals surface area contributed by atoms with Gasteiger partial charge in [0.15, 0.2) is 18.2 Å². The Morgan fingerprint density at radius 3 is 2.87 bits per heavy atom. The normalized spacial score (nSPS) is 9.73. The zero-order valence-corrected chi connectivity index (χ0v) is 8.82. The molecule has 0 spiro atoms. The summed E-state index contributed by atoms with van der Waals surface area (Å²) in [6, 6.07) is 3.44. The highest BCUT2D eigenvalue weighted by molar-refractivity contribution is 5.71. The Bertz CT molecular complexity index is 353. The molecule has 0 aromatic carbocycles. The van der Waals surface area contributed by atoms with Gasteiger partial charge in [-0.1, -0.05) is 0 Å². The van der Waals surface area contributed by atoms with E-state index in [0.717, 1.165) is 5.69 Å². The van der Waals surface area contributed by atoms with Crippen molar-refractivity contribution in [2.75, 3.05) is 18.9 Å². The number of nitrogens with two attached hydrogens (primary N) is 1. The zero-order chi connectivity index (χ0) is 11.3. The summed E-state index contributed by atoms with van der Waals surface area (Å²) < 4.78 is 9.85. The molecule has 0 aliphatic carbocycles. The fraction of sp³-hybridized carbons (Fsp3) is 0.400. The quantitative estimate of drug-likeness (QED) is 0.748. The molecular formula is C10H14N2O3. The number of nitrogen functional groups attached to an aromatic ring is 1. The molecule has 1 heterocycles. The van der Waals surface area contributed by atoms with Gasteiger partial charge in [0.1, 0.15) is 0 Å². The second kappa shape index (κ2) is 5.19. The number of nitrogens with zero attached hydrogens (tertiary/aromatic N) is 1. The summed E-state index contributed by atoms with van der Waals surface area (Å²) in [6.45, 7) is 3.75. The number of carbonyl (C=O) groups excluding carboxylic acids is 1. The first kappa shape index (κ1) is 11.3. The SMILES string of the molecule is CCOC(=O)COc1ccc(C)nc1N. The highest BCUT2D eigenvalue weighted by Crippen LogP contribution is 2.18. The summed E-state index contributed by atoms with van der Waals surface area (Å²) in [5.41, 5.74) is 6.40. The number of hydrogen-bond donors (Lipinski definition) is 1. The predicted molar refractivity (Wildman–Crippen MR) is 55.5 cm³/mol. The molecule has 82 valence electrons. The van der Waals surface area contributed by atoms with Crippen LogP contribution in [0.3, 0.4) is 0 Å². The van der Waals surface area contributed by atoms with Gasteiger partial charge < -0.3 is 15.2 Å². The minimum atomic E-state index is -0.419. The van der Waals surface area contributed by atoms with E-state index in [4.69, 9.17) is 15.2 Å². The van der Waals surface area contributed by atoms with Gasteiger partial charge in [-0.25, -0.2) is 9.78 Å². The maximum atomic E-state index is 11.0. The smallest absolute Gasteiger partial charge is 0.344 e. The number of rotatable bonds is 4. The molecule has 0 atom stereocenters. The van der Waals surface area contributed by atoms with Gasteiger partial charge in [-0.15, -0.1) is 0 Å². The molecule has 1 rings (SSSR count). The lowest BCUT2D eigenvalue weighted by atomic mass is 10.3. The van der Waals surface area contributed by atoms with Crippen molar-refractivity contribution in [1.82, 2.24) is 4.98 Å². The number of ether oxygens (including phenoxy) is 2. The van der Waals surface area contributed by atoms with Gasteiger partial charge in [0.05, 0.1) is 6.61 Å². The van der Waals surface area contributed by atoms with E-state index in [1.54, 1.807) is 19.1 Å². The molecule has 0 bridgehead atoms. The standard InChI is InChI=1S/C10H14N2O3/c1-3-14-9(13)6-15-8-5-4-7(2)12-10(8)11/h4-5H,3,6H2,1-2H3,(H2,11,12). The van der Waals surface area contributed by atoms with Crippen molar-refractivity contribution in [3.8, 4) is 5.75 Å². The molecule has 2 N–H and O–H groups in total. The largest absolute Gasteiger partial charge is 0.478 e. The van der Waals surface area contributed by atoms with Crippen LogP contribution in [0.15, 0.2) is 12.1 Å². The first-order valence-electron chi connectivity index (χ1n) is 4.65. The summed E-state index contributed by atoms with van der Waals surface area (Å²) >= 11 is 0. The van der Waals surface area contributed by atoms with Crippen LogP contribution in [-0.2, 0) is 9.53 Å². The van der Waals surface area contributed by atoms with Crippen molar-refractivity contribution in [2.45, 2.75) is 13.8 Å². The van der Waals surface area contributed by atoms with Crippen LogP contribution in [0.1, 0.15) is 12.6 Å². The minimum Gasteiger partial charge on any atom is -0.478 e. The number of carbonyl (C=O) groups is 1. The van der Waals surface area contributed by atoms with Gasteiger partial charge in [0, 0.05) is 5.69 Å². The Morgan fingerprint density at radius 1 is 1.53 bits per heavy atom. The highest BCUT2D eigenvalue weighted by Gasteiger charge is 2.06. The molecule has 0 saturated heterocycles. The average molecular weight is 210 g/mol. The monoisotopic (exact) mass is 210 g/mol. The molecule has 0 unspecified atom stereocenters. The van der Waals surface area contributed by atoms with Crippen LogP contribution in [0, 0.1) is 6.92 Å². The van der Waals surface area contributed by atoms with Gasteiger partial charge in [0.25, 0.3) is 0 Å². The number of pyridine rings is 1. The van der Waals surface area contributed by atoms with E-state index in [9.17, 15) is 4.79 Å². The molecule has 15 heavy (non-hydrogen) atoms. The number of aryl methyl sites for hydroxylation is 1. The van der Waals surface area contributed by atoms with Gasteiger partial charge in [0.2, 0.25) is 0 Å². The molecule has 0 saturated carbocycles. The van der Waals surface area contributed by atoms with Crippen molar-refractivity contribution in [3.63, 3.8) is 0 Å². The van der Waals surface area contributed by atoms with E-state index >= 15 is 0 Å². The summed E-state index contributed by atoms with van der Waals surface area (Å²) in [5, 5.41) is 0. The number of esters is 1. The molecule has 5 heteroatoms. The van der Waals surface area contributed by atoms with Crippen molar-refractivity contribution in [1.29, 1.82) is 0 Å². The Kier molecular flexibility index (Phi) is 3.91. The molecule has 0 fully saturated rings. The Hall–Kier alpha value is -1.78. The fourth-order valence-electron chi connectivity index (χ4n) is 1.03. The van der Waals surface area contributed by atoms with E-state index < -0.39 is 5.97 Å². The predicted octanol–water partition coefficient (Wildman–Crippen LogP) is 0.914. The van der Waals surface area contributed by atoms with Crippen molar-refractivity contribution in [3.05, 3.63) is 17.8 Å². The lowest BCUT2D eigenvalue weighted by Gasteiger charge is -2.07. The van der Waals surface area contributed by atoms with Crippen LogP contribution in [0.2, 0.25) is 0 Å². The molecule has 1 aromatic heterocycles. The summed E-state index contributed by atoms with van der Waals surface area (Å²) in [5.74, 6) is 0.255. The molecule has 5 nitrogen and oxygen atoms in total. The van der Waals surface area contributed by atoms with Crippen LogP contribution >= 0.6 is 0 Å². The summed E-state index contributed by atoms with van der Waals surface area (Å²) in [7, 11) is 0. The number of aromatic nitrogens is 1. The maximum absolute atomic E-state index is 11.0. The number of hydrogen-bond acceptors (Lipinski definition) is 5. The second-order valence-corrected chi connectivity index (χ2v) is 2.93. The van der Waals surface area contributed by atoms with Crippen LogP contribution in [0.4, 0.5) is 5.82 Å². The van der Waals surface area contributed by atoms with E-state index in [-0.39, 0.29) is 12.4 Å². The van der Waals surface area contributed by atoms with Crippen LogP contribution in [0.25, 0.3) is 0 Å². The first-order valence-corrected chi connectivity index (χ1v) is 4.65. The van der Waals surface area contributed by atoms with E-state index in [0.29, 0.717) is 12.4 Å². The van der Waals surface area contributed by atoms with Crippen molar-refractivity contribution >= 4 is 11.8 Å². The summed E-state index contributed by atoms with van der Waals surface area (Å²) in [4.78, 5) is 15.0. The van der Waals surface area contributed by atoms with Gasteiger partial charge in [-0.05, 0) is 26.0 Å². The van der Waals surface area contributed by atoms with E-state index in [2.05, 4.69) is 4.98 Å². The molecule has 0 aliphatic heterocycles. The molecule has 0 radical (unpaired) electrons. The minimum absolute atomic E-state index is 0.150. The topological polar surface area (TPSA) is 74.4 Å². The lowest BCUT2D eigenvalue weighted by Crippen LogP contribution is -2.15. The molecule has 0 amide bonds. The fourth-order valence-corrected chi connectivity index (χ4v) is 1.03. The van der Waals surface area contributed by atoms with Crippen LogP contribution in [0.5, 0.6) is 5.75 Å². The third-order valence-electron chi connectivity index (χ3n) is 1.68. The molecule has 1 aromatic rings. The zero-order valence-electron chi connectivity index (χ0n) is 8.82. The summed E-state index contributed by atoms with van der Waals surface area (Å²) in [6.07, 6.45) is 0. The second-order valence-electron chi connectivity index (χ2n) is 2.93. The average Bonchev–Trinajstić information content (AvgIpc) is 2.17. The Morgan fingerprint density at radius 2 is 2.27 bits per heavy atom. The lowest BCUT2D eigenvalue weighted by molar-refractivity contribution is -0.145. The van der Waals surface area contributed by atoms with Gasteiger partial charge in [-0.2, -0.15) is 0 Å².